The molecule has 2 nitrogen and oxygen atoms in total. The fourth-order valence-corrected chi connectivity index (χ4v) is 1.80. The van der Waals surface area contributed by atoms with Crippen molar-refractivity contribution in [3.8, 4) is 0 Å². The molecular weight excluding hydrogens is 244 g/mol. The van der Waals surface area contributed by atoms with Gasteiger partial charge in [-0.2, -0.15) is 0 Å². The largest absolute Gasteiger partial charge is 0.261 e. The summed E-state index contributed by atoms with van der Waals surface area (Å²) in [6.07, 6.45) is 8.39. The molecule has 2 heterocycles. The van der Waals surface area contributed by atoms with Crippen LogP contribution in [0.1, 0.15) is 49.2 Å². The maximum absolute atomic E-state index is 4.27. The van der Waals surface area contributed by atoms with Gasteiger partial charge in [0, 0.05) is 23.8 Å². The first-order valence-corrected chi connectivity index (χ1v) is 7.48. The normalized spacial score (nSPS) is 9.80. The summed E-state index contributed by atoms with van der Waals surface area (Å²) in [7, 11) is 0. The highest BCUT2D eigenvalue weighted by Gasteiger charge is 1.90. The van der Waals surface area contributed by atoms with Gasteiger partial charge in [0.25, 0.3) is 0 Å². The SMILES string of the molecule is CCCc1ccc(C)cn1.CCCc1ccc(C)cn1. The average Bonchev–Trinajstić information content (AvgIpc) is 2.45. The lowest BCUT2D eigenvalue weighted by Gasteiger charge is -1.96. The zero-order valence-electron chi connectivity index (χ0n) is 13.2. The molecule has 0 bridgehead atoms. The van der Waals surface area contributed by atoms with Crippen LogP contribution in [0.3, 0.4) is 0 Å². The minimum Gasteiger partial charge on any atom is -0.261 e. The van der Waals surface area contributed by atoms with Crippen LogP contribution in [0.5, 0.6) is 0 Å². The smallest absolute Gasteiger partial charge is 0.0403 e. The monoisotopic (exact) mass is 270 g/mol. The van der Waals surface area contributed by atoms with E-state index in [-0.39, 0.29) is 0 Å². The summed E-state index contributed by atoms with van der Waals surface area (Å²) < 4.78 is 0. The lowest BCUT2D eigenvalue weighted by molar-refractivity contribution is 0.880. The second-order valence-corrected chi connectivity index (χ2v) is 5.15. The van der Waals surface area contributed by atoms with E-state index in [9.17, 15) is 0 Å². The van der Waals surface area contributed by atoms with E-state index >= 15 is 0 Å². The van der Waals surface area contributed by atoms with Gasteiger partial charge in [-0.05, 0) is 49.9 Å². The Kier molecular flexibility index (Phi) is 7.56. The van der Waals surface area contributed by atoms with Crippen LogP contribution in [-0.4, -0.2) is 9.97 Å². The first-order chi connectivity index (χ1) is 9.65. The van der Waals surface area contributed by atoms with Gasteiger partial charge in [0.15, 0.2) is 0 Å². The molecule has 20 heavy (non-hydrogen) atoms. The van der Waals surface area contributed by atoms with Crippen LogP contribution >= 0.6 is 0 Å². The molecule has 108 valence electrons. The van der Waals surface area contributed by atoms with E-state index in [2.05, 4.69) is 61.9 Å². The van der Waals surface area contributed by atoms with Gasteiger partial charge < -0.3 is 0 Å². The second-order valence-electron chi connectivity index (χ2n) is 5.15. The van der Waals surface area contributed by atoms with Crippen molar-refractivity contribution in [2.24, 2.45) is 0 Å². The first-order valence-electron chi connectivity index (χ1n) is 7.48. The summed E-state index contributed by atoms with van der Waals surface area (Å²) >= 11 is 0. The standard InChI is InChI=1S/2C9H13N/c2*1-3-4-9-6-5-8(2)7-10-9/h2*5-7H,3-4H2,1-2H3. The van der Waals surface area contributed by atoms with E-state index in [4.69, 9.17) is 0 Å². The molecule has 0 unspecified atom stereocenters. The van der Waals surface area contributed by atoms with Crippen molar-refractivity contribution in [1.29, 1.82) is 0 Å². The Hall–Kier alpha value is -1.70. The van der Waals surface area contributed by atoms with Crippen molar-refractivity contribution >= 4 is 0 Å². The lowest BCUT2D eigenvalue weighted by Crippen LogP contribution is -1.87. The lowest BCUT2D eigenvalue weighted by atomic mass is 10.2. The topological polar surface area (TPSA) is 25.8 Å². The van der Waals surface area contributed by atoms with Crippen molar-refractivity contribution in [3.05, 3.63) is 59.2 Å². The quantitative estimate of drug-likeness (QED) is 0.805. The molecule has 0 atom stereocenters. The van der Waals surface area contributed by atoms with Gasteiger partial charge in [-0.1, -0.05) is 38.8 Å². The van der Waals surface area contributed by atoms with Crippen LogP contribution in [0.2, 0.25) is 0 Å². The Balaban J connectivity index is 0.000000200. The molecule has 2 aromatic rings. The minimum atomic E-state index is 1.10. The predicted octanol–water partition coefficient (Wildman–Crippen LogP) is 4.69. The number of nitrogens with zero attached hydrogens (tertiary/aromatic N) is 2. The number of aryl methyl sites for hydroxylation is 4. The maximum Gasteiger partial charge on any atom is 0.0403 e. The van der Waals surface area contributed by atoms with Gasteiger partial charge in [0.2, 0.25) is 0 Å². The molecule has 0 aliphatic carbocycles. The summed E-state index contributed by atoms with van der Waals surface area (Å²) in [5, 5.41) is 0. The molecule has 2 rings (SSSR count). The van der Waals surface area contributed by atoms with E-state index in [0.717, 1.165) is 12.8 Å². The summed E-state index contributed by atoms with van der Waals surface area (Å²) in [6, 6.07) is 8.41. The molecule has 0 saturated heterocycles. The van der Waals surface area contributed by atoms with Gasteiger partial charge in [-0.15, -0.1) is 0 Å². The van der Waals surface area contributed by atoms with Crippen molar-refractivity contribution in [2.75, 3.05) is 0 Å². The van der Waals surface area contributed by atoms with E-state index in [1.165, 1.54) is 35.4 Å². The third kappa shape index (κ3) is 6.46. The van der Waals surface area contributed by atoms with Crippen molar-refractivity contribution in [1.82, 2.24) is 9.97 Å². The Morgan fingerprint density at radius 2 is 1.10 bits per heavy atom. The third-order valence-electron chi connectivity index (χ3n) is 2.96. The van der Waals surface area contributed by atoms with Crippen LogP contribution in [0.4, 0.5) is 0 Å². The van der Waals surface area contributed by atoms with Crippen molar-refractivity contribution in [2.45, 2.75) is 53.4 Å². The van der Waals surface area contributed by atoms with E-state index < -0.39 is 0 Å². The first kappa shape index (κ1) is 16.4. The van der Waals surface area contributed by atoms with Gasteiger partial charge in [-0.25, -0.2) is 0 Å². The Bertz CT molecular complexity index is 424. The van der Waals surface area contributed by atoms with Crippen LogP contribution in [0.15, 0.2) is 36.7 Å². The molecule has 0 aliphatic heterocycles. The van der Waals surface area contributed by atoms with Crippen LogP contribution in [0.25, 0.3) is 0 Å². The number of aromatic nitrogens is 2. The minimum absolute atomic E-state index is 1.10. The second kappa shape index (κ2) is 9.24. The van der Waals surface area contributed by atoms with Crippen LogP contribution in [-0.2, 0) is 12.8 Å². The molecule has 0 radical (unpaired) electrons. The Morgan fingerprint density at radius 3 is 1.35 bits per heavy atom. The van der Waals surface area contributed by atoms with Gasteiger partial charge in [0.1, 0.15) is 0 Å². The zero-order valence-corrected chi connectivity index (χ0v) is 13.2. The van der Waals surface area contributed by atoms with E-state index in [1.54, 1.807) is 0 Å². The molecule has 0 aromatic carbocycles. The van der Waals surface area contributed by atoms with E-state index in [1.807, 2.05) is 12.4 Å². The molecule has 0 aliphatic rings. The highest BCUT2D eigenvalue weighted by molar-refractivity contribution is 5.12. The molecule has 2 heteroatoms. The highest BCUT2D eigenvalue weighted by Crippen LogP contribution is 2.01. The molecule has 0 fully saturated rings. The molecule has 2 aromatic heterocycles. The summed E-state index contributed by atoms with van der Waals surface area (Å²) in [5.41, 5.74) is 4.88. The number of hydrogen-bond acceptors (Lipinski definition) is 2. The number of pyridine rings is 2. The molecule has 0 amide bonds. The van der Waals surface area contributed by atoms with Crippen molar-refractivity contribution < 1.29 is 0 Å². The average molecular weight is 270 g/mol. The predicted molar refractivity (Wildman–Crippen MR) is 85.9 cm³/mol. The van der Waals surface area contributed by atoms with Crippen LogP contribution < -0.4 is 0 Å². The molecule has 0 saturated carbocycles. The summed E-state index contributed by atoms with van der Waals surface area (Å²) in [6.45, 7) is 8.45. The number of hydrogen-bond donors (Lipinski definition) is 0. The third-order valence-corrected chi connectivity index (χ3v) is 2.96. The van der Waals surface area contributed by atoms with E-state index in [0.29, 0.717) is 0 Å². The van der Waals surface area contributed by atoms with Crippen LogP contribution in [0, 0.1) is 13.8 Å². The highest BCUT2D eigenvalue weighted by atomic mass is 14.7. The summed E-state index contributed by atoms with van der Waals surface area (Å²) in [4.78, 5) is 8.54. The Labute approximate surface area is 123 Å². The molecular formula is C18H26N2. The fraction of sp³-hybridized carbons (Fsp3) is 0.444. The zero-order chi connectivity index (χ0) is 14.8. The fourth-order valence-electron chi connectivity index (χ4n) is 1.80. The van der Waals surface area contributed by atoms with Gasteiger partial charge >= 0.3 is 0 Å². The van der Waals surface area contributed by atoms with Crippen molar-refractivity contribution in [3.63, 3.8) is 0 Å². The maximum atomic E-state index is 4.27. The molecule has 0 spiro atoms. The summed E-state index contributed by atoms with van der Waals surface area (Å²) in [5.74, 6) is 0. The van der Waals surface area contributed by atoms with Gasteiger partial charge in [-0.3, -0.25) is 9.97 Å². The number of rotatable bonds is 4. The van der Waals surface area contributed by atoms with Gasteiger partial charge in [0.05, 0.1) is 0 Å². The Morgan fingerprint density at radius 1 is 0.700 bits per heavy atom. The molecule has 0 N–H and O–H groups in total.